The predicted molar refractivity (Wildman–Crippen MR) is 69.7 cm³/mol. The van der Waals surface area contributed by atoms with E-state index in [2.05, 4.69) is 0 Å². The second-order valence-electron chi connectivity index (χ2n) is 5.26. The molecule has 2 N–H and O–H groups in total. The van der Waals surface area contributed by atoms with Crippen LogP contribution < -0.4 is 10.6 Å². The van der Waals surface area contributed by atoms with Gasteiger partial charge in [-0.1, -0.05) is 12.2 Å². The third kappa shape index (κ3) is 4.08. The van der Waals surface area contributed by atoms with Crippen LogP contribution in [0.5, 0.6) is 0 Å². The molecule has 2 rings (SSSR count). The smallest absolute Gasteiger partial charge is 0.329 e. The van der Waals surface area contributed by atoms with Gasteiger partial charge in [0.05, 0.1) is 11.8 Å². The molecule has 1 aliphatic heterocycles. The Balaban J connectivity index is 1.87. The summed E-state index contributed by atoms with van der Waals surface area (Å²) < 4.78 is 35.8. The SMILES string of the molecule is O=C(CN1C(=O)[C@H]2CC=CC[C@H]2C1=O)NC(=O)NCC(F)(F)F. The molecule has 23 heavy (non-hydrogen) atoms. The molecule has 2 aliphatic rings. The Labute approximate surface area is 128 Å². The third-order valence-electron chi connectivity index (χ3n) is 3.60. The van der Waals surface area contributed by atoms with E-state index in [1.54, 1.807) is 17.5 Å². The average molecular weight is 333 g/mol. The number of hydrogen-bond donors (Lipinski definition) is 2. The van der Waals surface area contributed by atoms with Crippen LogP contribution in [0.3, 0.4) is 0 Å². The van der Waals surface area contributed by atoms with Gasteiger partial charge >= 0.3 is 12.2 Å². The molecular formula is C13H14F3N3O4. The first-order valence-corrected chi connectivity index (χ1v) is 6.83. The van der Waals surface area contributed by atoms with Gasteiger partial charge in [0.2, 0.25) is 17.7 Å². The number of imide groups is 2. The number of rotatable bonds is 3. The number of urea groups is 1. The summed E-state index contributed by atoms with van der Waals surface area (Å²) in [5.74, 6) is -3.07. The molecule has 1 saturated heterocycles. The van der Waals surface area contributed by atoms with Crippen LogP contribution in [0.2, 0.25) is 0 Å². The molecule has 126 valence electrons. The van der Waals surface area contributed by atoms with Crippen molar-refractivity contribution in [3.05, 3.63) is 12.2 Å². The number of allylic oxidation sites excluding steroid dienone is 2. The Morgan fingerprint density at radius 1 is 1.13 bits per heavy atom. The fourth-order valence-corrected chi connectivity index (χ4v) is 2.56. The van der Waals surface area contributed by atoms with Gasteiger partial charge in [-0.2, -0.15) is 13.2 Å². The lowest BCUT2D eigenvalue weighted by Gasteiger charge is -2.14. The Hall–Kier alpha value is -2.39. The van der Waals surface area contributed by atoms with E-state index in [1.807, 2.05) is 0 Å². The molecule has 2 atom stereocenters. The second-order valence-corrected chi connectivity index (χ2v) is 5.26. The largest absolute Gasteiger partial charge is 0.405 e. The standard InChI is InChI=1S/C13H14F3N3O4/c14-13(15,16)6-17-12(23)18-9(20)5-19-10(21)7-3-1-2-4-8(7)11(19)22/h1-2,7-8H,3-6H2,(H2,17,18,20,23)/t7-,8+. The molecule has 0 spiro atoms. The summed E-state index contributed by atoms with van der Waals surface area (Å²) in [6.45, 7) is -2.28. The number of likely N-dealkylation sites (tertiary alicyclic amines) is 1. The summed E-state index contributed by atoms with van der Waals surface area (Å²) in [5.41, 5.74) is 0. The molecule has 0 bridgehead atoms. The maximum Gasteiger partial charge on any atom is 0.405 e. The lowest BCUT2D eigenvalue weighted by atomic mass is 9.85. The molecule has 1 fully saturated rings. The molecule has 0 aromatic carbocycles. The van der Waals surface area contributed by atoms with E-state index in [1.165, 1.54) is 5.32 Å². The summed E-state index contributed by atoms with van der Waals surface area (Å²) in [5, 5.41) is 3.11. The number of halogens is 3. The zero-order chi connectivity index (χ0) is 17.2. The number of nitrogens with zero attached hydrogens (tertiary/aromatic N) is 1. The Morgan fingerprint density at radius 3 is 2.13 bits per heavy atom. The monoisotopic (exact) mass is 333 g/mol. The Kier molecular flexibility index (Phi) is 4.71. The lowest BCUT2D eigenvalue weighted by Crippen LogP contribution is -2.47. The first kappa shape index (κ1) is 17.0. The van der Waals surface area contributed by atoms with E-state index >= 15 is 0 Å². The van der Waals surface area contributed by atoms with Crippen LogP contribution in [0.4, 0.5) is 18.0 Å². The van der Waals surface area contributed by atoms with E-state index in [0.29, 0.717) is 12.8 Å². The summed E-state index contributed by atoms with van der Waals surface area (Å²) in [6, 6.07) is -1.34. The Bertz CT molecular complexity index is 547. The molecular weight excluding hydrogens is 319 g/mol. The van der Waals surface area contributed by atoms with Gasteiger partial charge in [0.1, 0.15) is 13.1 Å². The van der Waals surface area contributed by atoms with Crippen LogP contribution in [-0.2, 0) is 14.4 Å². The van der Waals surface area contributed by atoms with Crippen LogP contribution in [-0.4, -0.2) is 47.9 Å². The quantitative estimate of drug-likeness (QED) is 0.574. The van der Waals surface area contributed by atoms with E-state index in [4.69, 9.17) is 0 Å². The second kappa shape index (κ2) is 6.39. The minimum absolute atomic E-state index is 0.402. The minimum Gasteiger partial charge on any atom is -0.329 e. The summed E-state index contributed by atoms with van der Waals surface area (Å²) >= 11 is 0. The molecule has 1 heterocycles. The van der Waals surface area contributed by atoms with Crippen molar-refractivity contribution in [2.24, 2.45) is 11.8 Å². The molecule has 1 aliphatic carbocycles. The number of amides is 5. The summed E-state index contributed by atoms with van der Waals surface area (Å²) in [7, 11) is 0. The molecule has 0 aromatic heterocycles. The van der Waals surface area contributed by atoms with Gasteiger partial charge in [-0.15, -0.1) is 0 Å². The topological polar surface area (TPSA) is 95.6 Å². The highest BCUT2D eigenvalue weighted by Gasteiger charge is 2.47. The van der Waals surface area contributed by atoms with Gasteiger partial charge in [-0.25, -0.2) is 4.79 Å². The van der Waals surface area contributed by atoms with Gasteiger partial charge in [-0.05, 0) is 12.8 Å². The van der Waals surface area contributed by atoms with Crippen molar-refractivity contribution in [2.45, 2.75) is 19.0 Å². The number of hydrogen-bond acceptors (Lipinski definition) is 4. The number of carbonyl (C=O) groups is 4. The molecule has 0 aromatic rings. The normalized spacial score (nSPS) is 23.7. The van der Waals surface area contributed by atoms with Gasteiger partial charge in [0.25, 0.3) is 0 Å². The molecule has 7 nitrogen and oxygen atoms in total. The number of carbonyl (C=O) groups excluding carboxylic acids is 4. The van der Waals surface area contributed by atoms with Crippen molar-refractivity contribution < 1.29 is 32.3 Å². The van der Waals surface area contributed by atoms with Crippen LogP contribution in [0, 0.1) is 11.8 Å². The van der Waals surface area contributed by atoms with E-state index in [-0.39, 0.29) is 0 Å². The number of fused-ring (bicyclic) bond motifs is 1. The van der Waals surface area contributed by atoms with Crippen molar-refractivity contribution in [2.75, 3.05) is 13.1 Å². The first-order chi connectivity index (χ1) is 10.7. The maximum atomic E-state index is 12.1. The van der Waals surface area contributed by atoms with Crippen LogP contribution in [0.1, 0.15) is 12.8 Å². The van der Waals surface area contributed by atoms with Gasteiger partial charge in [0.15, 0.2) is 0 Å². The number of alkyl halides is 3. The predicted octanol–water partition coefficient (Wildman–Crippen LogP) is 0.326. The lowest BCUT2D eigenvalue weighted by molar-refractivity contribution is -0.143. The fourth-order valence-electron chi connectivity index (χ4n) is 2.56. The van der Waals surface area contributed by atoms with Crippen molar-refractivity contribution in [3.63, 3.8) is 0 Å². The van der Waals surface area contributed by atoms with Crippen molar-refractivity contribution in [1.82, 2.24) is 15.5 Å². The average Bonchev–Trinajstić information content (AvgIpc) is 2.70. The van der Waals surface area contributed by atoms with Crippen LogP contribution in [0.15, 0.2) is 12.2 Å². The molecule has 10 heteroatoms. The molecule has 0 radical (unpaired) electrons. The van der Waals surface area contributed by atoms with Crippen molar-refractivity contribution >= 4 is 23.8 Å². The van der Waals surface area contributed by atoms with Crippen molar-refractivity contribution in [3.8, 4) is 0 Å². The first-order valence-electron chi connectivity index (χ1n) is 6.83. The zero-order valence-corrected chi connectivity index (χ0v) is 11.9. The van der Waals surface area contributed by atoms with Gasteiger partial charge in [-0.3, -0.25) is 24.6 Å². The van der Waals surface area contributed by atoms with Crippen LogP contribution >= 0.6 is 0 Å². The molecule has 0 unspecified atom stereocenters. The molecule has 0 saturated carbocycles. The maximum absolute atomic E-state index is 12.1. The summed E-state index contributed by atoms with van der Waals surface area (Å²) in [6.07, 6.45) is -0.246. The van der Waals surface area contributed by atoms with Gasteiger partial charge < -0.3 is 5.32 Å². The Morgan fingerprint density at radius 2 is 1.65 bits per heavy atom. The zero-order valence-electron chi connectivity index (χ0n) is 11.9. The minimum atomic E-state index is -4.61. The third-order valence-corrected chi connectivity index (χ3v) is 3.60. The highest BCUT2D eigenvalue weighted by Crippen LogP contribution is 2.34. The van der Waals surface area contributed by atoms with Crippen molar-refractivity contribution in [1.29, 1.82) is 0 Å². The van der Waals surface area contributed by atoms with E-state index in [0.717, 1.165) is 4.90 Å². The van der Waals surface area contributed by atoms with E-state index in [9.17, 15) is 32.3 Å². The van der Waals surface area contributed by atoms with E-state index < -0.39 is 54.9 Å². The van der Waals surface area contributed by atoms with Crippen LogP contribution in [0.25, 0.3) is 0 Å². The highest BCUT2D eigenvalue weighted by atomic mass is 19.4. The van der Waals surface area contributed by atoms with Gasteiger partial charge in [0, 0.05) is 0 Å². The number of nitrogens with one attached hydrogen (secondary N) is 2. The highest BCUT2D eigenvalue weighted by molar-refractivity contribution is 6.08. The molecule has 5 amide bonds. The fraction of sp³-hybridized carbons (Fsp3) is 0.538. The summed E-state index contributed by atoms with van der Waals surface area (Å²) in [4.78, 5) is 47.6.